The first kappa shape index (κ1) is 21.5. The Bertz CT molecular complexity index is 1050. The second-order valence-corrected chi connectivity index (χ2v) is 9.53. The van der Waals surface area contributed by atoms with Gasteiger partial charge in [-0.05, 0) is 48.2 Å². The van der Waals surface area contributed by atoms with Crippen molar-refractivity contribution in [1.82, 2.24) is 0 Å². The first-order chi connectivity index (χ1) is 15.0. The Morgan fingerprint density at radius 3 is 1.29 bits per heavy atom. The molecular weight excluding hydrogens is 392 g/mol. The molecule has 2 unspecified atom stereocenters. The molecule has 4 aromatic carbocycles. The fraction of sp³-hybridized carbons (Fsp3) is 0.200. The highest BCUT2D eigenvalue weighted by Crippen LogP contribution is 2.41. The van der Waals surface area contributed by atoms with Crippen LogP contribution in [0.15, 0.2) is 107 Å². The van der Waals surface area contributed by atoms with Gasteiger partial charge < -0.3 is 0 Å². The van der Waals surface area contributed by atoms with E-state index in [1.165, 1.54) is 43.2 Å². The molecule has 0 fully saturated rings. The van der Waals surface area contributed by atoms with Crippen LogP contribution < -0.4 is 0 Å². The van der Waals surface area contributed by atoms with Crippen molar-refractivity contribution in [2.75, 3.05) is 0 Å². The van der Waals surface area contributed by atoms with Crippen LogP contribution in [0.4, 0.5) is 0 Å². The molecule has 0 aliphatic carbocycles. The molecule has 156 valence electrons. The molecule has 2 atom stereocenters. The third-order valence-electron chi connectivity index (χ3n) is 6.08. The van der Waals surface area contributed by atoms with E-state index in [0.717, 1.165) is 0 Å². The Labute approximate surface area is 191 Å². The predicted octanol–water partition coefficient (Wildman–Crippen LogP) is 8.76. The van der Waals surface area contributed by atoms with Crippen molar-refractivity contribution in [3.8, 4) is 0 Å². The highest BCUT2D eigenvalue weighted by molar-refractivity contribution is 7.99. The molecule has 1 heteroatoms. The van der Waals surface area contributed by atoms with Crippen molar-refractivity contribution < 1.29 is 0 Å². The summed E-state index contributed by atoms with van der Waals surface area (Å²) in [6.07, 6.45) is 0. The highest BCUT2D eigenvalue weighted by Gasteiger charge is 2.18. The molecule has 4 rings (SSSR count). The minimum Gasteiger partial charge on any atom is -0.0895 e. The maximum atomic E-state index is 2.36. The Hall–Kier alpha value is -2.77. The number of hydrogen-bond acceptors (Lipinski definition) is 1. The summed E-state index contributed by atoms with van der Waals surface area (Å²) in [5.41, 5.74) is 8.13. The van der Waals surface area contributed by atoms with E-state index in [1.807, 2.05) is 11.8 Å². The third-order valence-corrected chi connectivity index (χ3v) is 7.27. The van der Waals surface area contributed by atoms with Crippen LogP contribution >= 0.6 is 11.8 Å². The SMILES string of the molecule is Cc1ccc(Sc2ccc(C)cc2C(C)c2ccccc2)c(C(C)c2ccccc2)c1. The van der Waals surface area contributed by atoms with Crippen LogP contribution in [0.2, 0.25) is 0 Å². The number of aryl methyl sites for hydroxylation is 2. The van der Waals surface area contributed by atoms with Gasteiger partial charge in [0.2, 0.25) is 0 Å². The Kier molecular flexibility index (Phi) is 6.63. The molecule has 0 bridgehead atoms. The quantitative estimate of drug-likeness (QED) is 0.299. The van der Waals surface area contributed by atoms with Crippen molar-refractivity contribution in [2.45, 2.75) is 49.3 Å². The normalized spacial score (nSPS) is 13.0. The van der Waals surface area contributed by atoms with E-state index in [9.17, 15) is 0 Å². The summed E-state index contributed by atoms with van der Waals surface area (Å²) in [5.74, 6) is 0.702. The van der Waals surface area contributed by atoms with Crippen molar-refractivity contribution in [2.24, 2.45) is 0 Å². The lowest BCUT2D eigenvalue weighted by Crippen LogP contribution is -2.01. The molecule has 0 saturated heterocycles. The van der Waals surface area contributed by atoms with E-state index < -0.39 is 0 Å². The van der Waals surface area contributed by atoms with Crippen LogP contribution in [-0.2, 0) is 0 Å². The van der Waals surface area contributed by atoms with E-state index in [1.54, 1.807) is 0 Å². The van der Waals surface area contributed by atoms with Gasteiger partial charge in [-0.2, -0.15) is 0 Å². The zero-order chi connectivity index (χ0) is 21.8. The van der Waals surface area contributed by atoms with E-state index in [-0.39, 0.29) is 0 Å². The molecule has 0 N–H and O–H groups in total. The van der Waals surface area contributed by atoms with Gasteiger partial charge in [-0.15, -0.1) is 0 Å². The standard InChI is InChI=1S/C30H30S/c1-21-15-17-29(27(19-21)23(3)25-11-7-5-8-12-25)31-30-18-16-22(2)20-28(30)24(4)26-13-9-6-10-14-26/h5-20,23-24H,1-4H3. The fourth-order valence-corrected chi connectivity index (χ4v) is 5.38. The molecule has 4 aromatic rings. The molecule has 0 aliphatic rings. The van der Waals surface area contributed by atoms with E-state index in [4.69, 9.17) is 0 Å². The molecule has 0 aromatic heterocycles. The fourth-order valence-electron chi connectivity index (χ4n) is 4.16. The van der Waals surface area contributed by atoms with Gasteiger partial charge in [-0.1, -0.05) is 122 Å². The summed E-state index contributed by atoms with van der Waals surface area (Å²) in [5, 5.41) is 0. The zero-order valence-corrected chi connectivity index (χ0v) is 19.6. The summed E-state index contributed by atoms with van der Waals surface area (Å²) < 4.78 is 0. The smallest absolute Gasteiger partial charge is 0.0160 e. The van der Waals surface area contributed by atoms with E-state index >= 15 is 0 Å². The van der Waals surface area contributed by atoms with Gasteiger partial charge >= 0.3 is 0 Å². The van der Waals surface area contributed by atoms with Gasteiger partial charge in [0, 0.05) is 21.6 Å². The number of benzene rings is 4. The zero-order valence-electron chi connectivity index (χ0n) is 18.8. The lowest BCUT2D eigenvalue weighted by atomic mass is 9.92. The van der Waals surface area contributed by atoms with Gasteiger partial charge in [-0.25, -0.2) is 0 Å². The number of rotatable bonds is 6. The average Bonchev–Trinajstić information content (AvgIpc) is 2.81. The third kappa shape index (κ3) is 4.94. The molecule has 0 radical (unpaired) electrons. The number of hydrogen-bond donors (Lipinski definition) is 0. The molecule has 0 amide bonds. The maximum Gasteiger partial charge on any atom is 0.0160 e. The van der Waals surface area contributed by atoms with Gasteiger partial charge in [-0.3, -0.25) is 0 Å². The summed E-state index contributed by atoms with van der Waals surface area (Å²) >= 11 is 1.90. The summed E-state index contributed by atoms with van der Waals surface area (Å²) in [4.78, 5) is 2.68. The minimum atomic E-state index is 0.351. The molecule has 0 saturated carbocycles. The van der Waals surface area contributed by atoms with Crippen LogP contribution in [0.5, 0.6) is 0 Å². The lowest BCUT2D eigenvalue weighted by molar-refractivity contribution is 0.883. The predicted molar refractivity (Wildman–Crippen MR) is 134 cm³/mol. The Morgan fingerprint density at radius 2 is 0.903 bits per heavy atom. The summed E-state index contributed by atoms with van der Waals surface area (Å²) in [6.45, 7) is 9.00. The molecule has 0 aliphatic heterocycles. The highest BCUT2D eigenvalue weighted by atomic mass is 32.2. The summed E-state index contributed by atoms with van der Waals surface area (Å²) in [7, 11) is 0. The monoisotopic (exact) mass is 422 g/mol. The maximum absolute atomic E-state index is 2.36. The minimum absolute atomic E-state index is 0.351. The molecule has 0 spiro atoms. The van der Waals surface area contributed by atoms with E-state index in [0.29, 0.717) is 11.8 Å². The van der Waals surface area contributed by atoms with E-state index in [2.05, 4.69) is 125 Å². The molecular formula is C30H30S. The molecule has 0 heterocycles. The van der Waals surface area contributed by atoms with Gasteiger partial charge in [0.25, 0.3) is 0 Å². The Balaban J connectivity index is 1.74. The first-order valence-corrected chi connectivity index (χ1v) is 11.8. The first-order valence-electron chi connectivity index (χ1n) is 11.0. The summed E-state index contributed by atoms with van der Waals surface area (Å²) in [6, 6.07) is 35.4. The van der Waals surface area contributed by atoms with Crippen molar-refractivity contribution in [3.05, 3.63) is 130 Å². The largest absolute Gasteiger partial charge is 0.0895 e. The van der Waals surface area contributed by atoms with Crippen molar-refractivity contribution >= 4 is 11.8 Å². The second-order valence-electron chi connectivity index (χ2n) is 8.45. The lowest BCUT2D eigenvalue weighted by Gasteiger charge is -2.21. The Morgan fingerprint density at radius 1 is 0.516 bits per heavy atom. The van der Waals surface area contributed by atoms with Crippen molar-refractivity contribution in [3.63, 3.8) is 0 Å². The van der Waals surface area contributed by atoms with Crippen LogP contribution in [0, 0.1) is 13.8 Å². The van der Waals surface area contributed by atoms with Gasteiger partial charge in [0.15, 0.2) is 0 Å². The van der Waals surface area contributed by atoms with Crippen LogP contribution in [0.25, 0.3) is 0 Å². The van der Waals surface area contributed by atoms with Gasteiger partial charge in [0.1, 0.15) is 0 Å². The average molecular weight is 423 g/mol. The second kappa shape index (κ2) is 9.58. The topological polar surface area (TPSA) is 0 Å². The molecule has 0 nitrogen and oxygen atoms in total. The van der Waals surface area contributed by atoms with Crippen LogP contribution in [0.3, 0.4) is 0 Å². The molecule has 31 heavy (non-hydrogen) atoms. The van der Waals surface area contributed by atoms with Crippen LogP contribution in [0.1, 0.15) is 59.1 Å². The van der Waals surface area contributed by atoms with Gasteiger partial charge in [0.05, 0.1) is 0 Å². The van der Waals surface area contributed by atoms with Crippen molar-refractivity contribution in [1.29, 1.82) is 0 Å². The van der Waals surface area contributed by atoms with Crippen LogP contribution in [-0.4, -0.2) is 0 Å².